The van der Waals surface area contributed by atoms with Gasteiger partial charge in [-0.25, -0.2) is 9.80 Å². The molecule has 8 rings (SSSR count). The molecule has 49 heavy (non-hydrogen) atoms. The van der Waals surface area contributed by atoms with E-state index in [2.05, 4.69) is 0 Å². The van der Waals surface area contributed by atoms with Gasteiger partial charge in [-0.3, -0.25) is 39.4 Å². The zero-order chi connectivity index (χ0) is 34.3. The van der Waals surface area contributed by atoms with Crippen LogP contribution in [0, 0.1) is 49.8 Å². The zero-order valence-corrected chi connectivity index (χ0v) is 25.5. The van der Waals surface area contributed by atoms with Gasteiger partial charge in [0.15, 0.2) is 0 Å². The number of hydrogen-bond acceptors (Lipinski definition) is 9. The van der Waals surface area contributed by atoms with Crippen molar-refractivity contribution >= 4 is 57.2 Å². The van der Waals surface area contributed by atoms with E-state index >= 15 is 0 Å². The Morgan fingerprint density at radius 3 is 1.88 bits per heavy atom. The molecule has 6 atom stereocenters. The van der Waals surface area contributed by atoms with Crippen molar-refractivity contribution in [3.05, 3.63) is 122 Å². The van der Waals surface area contributed by atoms with Crippen molar-refractivity contribution < 1.29 is 34.1 Å². The van der Waals surface area contributed by atoms with Crippen LogP contribution in [0.25, 0.3) is 10.8 Å². The Balaban J connectivity index is 1.28. The zero-order valence-electron chi connectivity index (χ0n) is 25.5. The summed E-state index contributed by atoms with van der Waals surface area (Å²) in [6.45, 7) is 0. The van der Waals surface area contributed by atoms with E-state index in [1.807, 2.05) is 24.3 Å². The molecule has 2 aliphatic heterocycles. The van der Waals surface area contributed by atoms with Crippen molar-refractivity contribution in [3.8, 4) is 5.75 Å². The number of amides is 4. The third-order valence-corrected chi connectivity index (χ3v) is 10.5. The summed E-state index contributed by atoms with van der Waals surface area (Å²) in [7, 11) is 0. The monoisotopic (exact) mass is 658 g/mol. The number of rotatable bonds is 5. The Morgan fingerprint density at radius 2 is 1.24 bits per heavy atom. The first kappa shape index (κ1) is 30.1. The fourth-order valence-corrected chi connectivity index (χ4v) is 8.52. The maximum atomic E-state index is 14.4. The lowest BCUT2D eigenvalue weighted by molar-refractivity contribution is -0.385. The number of aromatic hydroxyl groups is 1. The number of phenolic OH excluding ortho intramolecular Hbond substituents is 1. The third-order valence-electron chi connectivity index (χ3n) is 10.5. The standard InChI is InChI=1S/C36H26N4O9/c41-28-14-11-18-5-1-2-10-23(18)30(28)31-24-12-13-25-29(35(44)37(33(25)42)19-6-3-8-21(15-19)39(46)47)26(24)17-27-32(31)36(45)38(34(27)43)20-7-4-9-22(16-20)40(48)49/h1-12,14-16,25-27,29,31-32,41H,13,17H2. The van der Waals surface area contributed by atoms with E-state index in [1.165, 1.54) is 48.5 Å². The molecule has 4 amide bonds. The number of nitro groups is 2. The second kappa shape index (κ2) is 10.9. The first-order chi connectivity index (χ1) is 23.6. The maximum Gasteiger partial charge on any atom is 0.271 e. The number of anilines is 2. The number of imide groups is 2. The summed E-state index contributed by atoms with van der Waals surface area (Å²) < 4.78 is 0. The van der Waals surface area contributed by atoms with Gasteiger partial charge in [-0.1, -0.05) is 54.1 Å². The third kappa shape index (κ3) is 4.38. The molecule has 0 spiro atoms. The highest BCUT2D eigenvalue weighted by atomic mass is 16.6. The quantitative estimate of drug-likeness (QED) is 0.127. The van der Waals surface area contributed by atoms with E-state index in [1.54, 1.807) is 12.1 Å². The number of carbonyl (C=O) groups is 4. The van der Waals surface area contributed by atoms with Crippen molar-refractivity contribution in [2.75, 3.05) is 9.80 Å². The molecule has 0 radical (unpaired) electrons. The lowest BCUT2D eigenvalue weighted by Gasteiger charge is -2.44. The molecule has 2 aliphatic carbocycles. The summed E-state index contributed by atoms with van der Waals surface area (Å²) in [5.41, 5.74) is 0.594. The minimum atomic E-state index is -1.01. The van der Waals surface area contributed by atoms with Crippen LogP contribution in [0.2, 0.25) is 0 Å². The Bertz CT molecular complexity index is 2210. The van der Waals surface area contributed by atoms with Crippen molar-refractivity contribution in [2.45, 2.75) is 18.8 Å². The molecular formula is C36H26N4O9. The second-order valence-corrected chi connectivity index (χ2v) is 12.8. The van der Waals surface area contributed by atoms with Crippen LogP contribution in [-0.2, 0) is 19.2 Å². The van der Waals surface area contributed by atoms with E-state index in [-0.39, 0.29) is 41.3 Å². The minimum Gasteiger partial charge on any atom is -0.508 e. The van der Waals surface area contributed by atoms with Crippen LogP contribution in [0.1, 0.15) is 24.3 Å². The number of nitro benzene ring substituents is 2. The van der Waals surface area contributed by atoms with E-state index in [4.69, 9.17) is 0 Å². The summed E-state index contributed by atoms with van der Waals surface area (Å²) in [5.74, 6) is -7.63. The highest BCUT2D eigenvalue weighted by molar-refractivity contribution is 6.24. The SMILES string of the molecule is O=C1C2CC=C3C(CC4C(=O)N(c5cccc([N+](=O)[O-])c5)C(=O)C4C3c3c(O)ccc4ccccc34)C2C(=O)N1c1cccc([N+](=O)[O-])c1. The first-order valence-corrected chi connectivity index (χ1v) is 15.7. The fraction of sp³-hybridized carbons (Fsp3) is 0.222. The van der Waals surface area contributed by atoms with Crippen LogP contribution in [0.4, 0.5) is 22.7 Å². The van der Waals surface area contributed by atoms with E-state index < -0.39 is 69.0 Å². The number of non-ortho nitro benzene ring substituents is 2. The molecule has 2 saturated heterocycles. The van der Waals surface area contributed by atoms with Crippen LogP contribution < -0.4 is 9.80 Å². The van der Waals surface area contributed by atoms with Gasteiger partial charge in [0.05, 0.1) is 44.9 Å². The molecule has 4 aromatic rings. The maximum absolute atomic E-state index is 14.4. The Morgan fingerprint density at radius 1 is 0.653 bits per heavy atom. The van der Waals surface area contributed by atoms with E-state index in [0.29, 0.717) is 16.5 Å². The first-order valence-electron chi connectivity index (χ1n) is 15.7. The van der Waals surface area contributed by atoms with Crippen molar-refractivity contribution in [1.29, 1.82) is 0 Å². The number of nitrogens with zero attached hydrogens (tertiary/aromatic N) is 4. The highest BCUT2D eigenvalue weighted by Gasteiger charge is 2.62. The van der Waals surface area contributed by atoms with Crippen molar-refractivity contribution in [2.24, 2.45) is 29.6 Å². The fourth-order valence-electron chi connectivity index (χ4n) is 8.52. The van der Waals surface area contributed by atoms with Gasteiger partial charge >= 0.3 is 0 Å². The van der Waals surface area contributed by atoms with Crippen LogP contribution in [0.3, 0.4) is 0 Å². The normalized spacial score (nSPS) is 26.0. The summed E-state index contributed by atoms with van der Waals surface area (Å²) in [5, 5.41) is 36.0. The molecule has 6 unspecified atom stereocenters. The van der Waals surface area contributed by atoms with Gasteiger partial charge in [0, 0.05) is 35.7 Å². The Hall–Kier alpha value is -6.24. The smallest absolute Gasteiger partial charge is 0.271 e. The Labute approximate surface area is 277 Å². The molecule has 13 nitrogen and oxygen atoms in total. The summed E-state index contributed by atoms with van der Waals surface area (Å²) in [4.78, 5) is 80.6. The van der Waals surface area contributed by atoms with Gasteiger partial charge < -0.3 is 5.11 Å². The predicted octanol–water partition coefficient (Wildman–Crippen LogP) is 5.41. The molecule has 3 fully saturated rings. The van der Waals surface area contributed by atoms with Gasteiger partial charge in [0.25, 0.3) is 11.4 Å². The van der Waals surface area contributed by atoms with Crippen LogP contribution in [0.5, 0.6) is 5.75 Å². The molecule has 4 aromatic carbocycles. The molecule has 1 saturated carbocycles. The molecule has 4 aliphatic rings. The molecule has 1 N–H and O–H groups in total. The largest absolute Gasteiger partial charge is 0.508 e. The van der Waals surface area contributed by atoms with E-state index in [0.717, 1.165) is 21.3 Å². The summed E-state index contributed by atoms with van der Waals surface area (Å²) in [6.07, 6.45) is 2.02. The van der Waals surface area contributed by atoms with Gasteiger partial charge in [-0.05, 0) is 47.7 Å². The van der Waals surface area contributed by atoms with Gasteiger partial charge in [-0.2, -0.15) is 0 Å². The number of benzene rings is 4. The topological polar surface area (TPSA) is 181 Å². The van der Waals surface area contributed by atoms with Crippen LogP contribution in [-0.4, -0.2) is 38.6 Å². The average Bonchev–Trinajstić information content (AvgIpc) is 3.51. The molecule has 244 valence electrons. The second-order valence-electron chi connectivity index (χ2n) is 12.8. The summed E-state index contributed by atoms with van der Waals surface area (Å²) >= 11 is 0. The number of phenols is 1. The van der Waals surface area contributed by atoms with Crippen LogP contribution >= 0.6 is 0 Å². The molecule has 0 bridgehead atoms. The Kier molecular flexibility index (Phi) is 6.70. The lowest BCUT2D eigenvalue weighted by Crippen LogP contribution is -2.43. The van der Waals surface area contributed by atoms with E-state index in [9.17, 15) is 44.5 Å². The number of fused-ring (bicyclic) bond motifs is 5. The van der Waals surface area contributed by atoms with Crippen LogP contribution in [0.15, 0.2) is 96.6 Å². The van der Waals surface area contributed by atoms with Gasteiger partial charge in [0.2, 0.25) is 23.6 Å². The van der Waals surface area contributed by atoms with Gasteiger partial charge in [-0.15, -0.1) is 0 Å². The minimum absolute atomic E-state index is 0.0392. The number of hydrogen-bond donors (Lipinski definition) is 1. The number of carbonyl (C=O) groups excluding carboxylic acids is 4. The van der Waals surface area contributed by atoms with Gasteiger partial charge in [0.1, 0.15) is 5.75 Å². The molecule has 2 heterocycles. The molecule has 13 heteroatoms. The molecular weight excluding hydrogens is 632 g/mol. The number of allylic oxidation sites excluding steroid dienone is 2. The summed E-state index contributed by atoms with van der Waals surface area (Å²) in [6, 6.07) is 21.1. The van der Waals surface area contributed by atoms with Crippen molar-refractivity contribution in [1.82, 2.24) is 0 Å². The van der Waals surface area contributed by atoms with Crippen molar-refractivity contribution in [3.63, 3.8) is 0 Å². The highest BCUT2D eigenvalue weighted by Crippen LogP contribution is 2.60. The lowest BCUT2D eigenvalue weighted by atomic mass is 9.56. The predicted molar refractivity (Wildman–Crippen MR) is 174 cm³/mol. The molecule has 0 aromatic heterocycles. The average molecular weight is 659 g/mol.